The molecular weight excluding hydrogens is 476 g/mol. The van der Waals surface area contributed by atoms with Crippen LogP contribution in [-0.2, 0) is 6.42 Å². The molecule has 0 aliphatic heterocycles. The molecule has 0 N–H and O–H groups in total. The molecule has 2 aromatic rings. The van der Waals surface area contributed by atoms with Crippen molar-refractivity contribution in [2.24, 2.45) is 11.8 Å². The van der Waals surface area contributed by atoms with E-state index in [1.807, 2.05) is 12.4 Å². The monoisotopic (exact) mass is 534 g/mol. The summed E-state index contributed by atoms with van der Waals surface area (Å²) in [4.78, 5) is 9.22. The number of aromatic nitrogens is 2. The highest BCUT2D eigenvalue weighted by Gasteiger charge is 2.20. The zero-order chi connectivity index (χ0) is 27.5. The van der Waals surface area contributed by atoms with Gasteiger partial charge in [-0.05, 0) is 49.1 Å². The molecule has 1 aliphatic rings. The van der Waals surface area contributed by atoms with Crippen molar-refractivity contribution in [2.75, 3.05) is 6.61 Å². The van der Waals surface area contributed by atoms with Gasteiger partial charge in [-0.25, -0.2) is 9.97 Å². The maximum Gasteiger partial charge on any atom is 0.159 e. The van der Waals surface area contributed by atoms with E-state index in [1.54, 1.807) is 0 Å². The zero-order valence-electron chi connectivity index (χ0n) is 25.7. The Morgan fingerprint density at radius 3 is 1.87 bits per heavy atom. The average Bonchev–Trinajstić information content (AvgIpc) is 2.96. The molecule has 3 nitrogen and oxygen atoms in total. The molecule has 0 amide bonds. The second-order valence-corrected chi connectivity index (χ2v) is 12.3. The number of benzene rings is 1. The van der Waals surface area contributed by atoms with Gasteiger partial charge >= 0.3 is 0 Å². The van der Waals surface area contributed by atoms with Crippen LogP contribution in [0.1, 0.15) is 147 Å². The van der Waals surface area contributed by atoms with Crippen molar-refractivity contribution in [2.45, 2.75) is 149 Å². The van der Waals surface area contributed by atoms with Crippen molar-refractivity contribution in [3.05, 3.63) is 41.7 Å². The molecular formula is C36H58N2O. The first-order chi connectivity index (χ1) is 19.2. The lowest BCUT2D eigenvalue weighted by molar-refractivity contribution is 0.248. The lowest BCUT2D eigenvalue weighted by Crippen LogP contribution is -2.15. The van der Waals surface area contributed by atoms with Crippen molar-refractivity contribution in [3.63, 3.8) is 0 Å². The topological polar surface area (TPSA) is 35.0 Å². The number of hydrogen-bond acceptors (Lipinski definition) is 3. The van der Waals surface area contributed by atoms with Gasteiger partial charge in [-0.2, -0.15) is 0 Å². The maximum atomic E-state index is 5.86. The number of unbranched alkanes of at least 4 members (excludes halogenated alkanes) is 11. The van der Waals surface area contributed by atoms with E-state index in [0.717, 1.165) is 42.0 Å². The van der Waals surface area contributed by atoms with Gasteiger partial charge < -0.3 is 4.74 Å². The van der Waals surface area contributed by atoms with Gasteiger partial charge in [0.05, 0.1) is 19.0 Å². The fourth-order valence-corrected chi connectivity index (χ4v) is 6.30. The summed E-state index contributed by atoms with van der Waals surface area (Å²) in [7, 11) is 0. The number of hydrogen-bond donors (Lipinski definition) is 0. The maximum absolute atomic E-state index is 5.86. The van der Waals surface area contributed by atoms with Gasteiger partial charge in [0.25, 0.3) is 0 Å². The minimum Gasteiger partial charge on any atom is -0.490 e. The second kappa shape index (κ2) is 19.2. The van der Waals surface area contributed by atoms with Crippen molar-refractivity contribution in [3.8, 4) is 17.1 Å². The molecule has 0 spiro atoms. The Kier molecular flexibility index (Phi) is 15.6. The highest BCUT2D eigenvalue weighted by atomic mass is 16.5. The van der Waals surface area contributed by atoms with Gasteiger partial charge in [-0.3, -0.25) is 0 Å². The Balaban J connectivity index is 1.32. The van der Waals surface area contributed by atoms with Gasteiger partial charge in [-0.1, -0.05) is 141 Å². The molecule has 1 fully saturated rings. The highest BCUT2D eigenvalue weighted by molar-refractivity contribution is 5.60. The molecule has 1 heterocycles. The van der Waals surface area contributed by atoms with Crippen LogP contribution < -0.4 is 4.74 Å². The fourth-order valence-electron chi connectivity index (χ4n) is 6.30. The molecule has 0 saturated heterocycles. The molecule has 1 aromatic heterocycles. The number of ether oxygens (including phenoxy) is 1. The molecule has 39 heavy (non-hydrogen) atoms. The summed E-state index contributed by atoms with van der Waals surface area (Å²) in [6, 6.07) is 6.87. The molecule has 0 unspecified atom stereocenters. The Morgan fingerprint density at radius 1 is 0.692 bits per heavy atom. The van der Waals surface area contributed by atoms with E-state index in [0.29, 0.717) is 0 Å². The quantitative estimate of drug-likeness (QED) is 0.158. The Hall–Kier alpha value is -1.90. The summed E-state index contributed by atoms with van der Waals surface area (Å²) >= 11 is 0. The SMILES string of the molecule is CCCCCCCCC[C@H]1CC[C@H](CCc2ccc(-c3ncc(OCCCCCCCC)cn3)c(C)c2)CC1. The van der Waals surface area contributed by atoms with Gasteiger partial charge in [-0.15, -0.1) is 0 Å². The minimum atomic E-state index is 0.753. The molecule has 0 bridgehead atoms. The predicted octanol–water partition coefficient (Wildman–Crippen LogP) is 11.1. The predicted molar refractivity (Wildman–Crippen MR) is 167 cm³/mol. The average molecular weight is 535 g/mol. The zero-order valence-corrected chi connectivity index (χ0v) is 25.7. The Bertz CT molecular complexity index is 885. The van der Waals surface area contributed by atoms with Gasteiger partial charge in [0.15, 0.2) is 11.6 Å². The second-order valence-electron chi connectivity index (χ2n) is 12.3. The van der Waals surface area contributed by atoms with Crippen LogP contribution >= 0.6 is 0 Å². The van der Waals surface area contributed by atoms with Crippen LogP contribution in [0.2, 0.25) is 0 Å². The van der Waals surface area contributed by atoms with Crippen LogP contribution in [0.25, 0.3) is 11.4 Å². The lowest BCUT2D eigenvalue weighted by Gasteiger charge is -2.28. The standard InChI is InChI=1S/C36H58N2O/c1-4-6-8-10-12-13-15-17-31-18-20-32(21-19-31)22-23-33-24-25-35(30(3)27-33)36-37-28-34(29-38-36)39-26-16-14-11-9-7-5-2/h24-25,27-29,31-32H,4-23,26H2,1-3H3/t31-,32-. The normalized spacial score (nSPS) is 17.4. The van der Waals surface area contributed by atoms with E-state index in [1.165, 1.54) is 133 Å². The summed E-state index contributed by atoms with van der Waals surface area (Å²) in [5, 5.41) is 0. The lowest BCUT2D eigenvalue weighted by atomic mass is 9.77. The van der Waals surface area contributed by atoms with Crippen LogP contribution in [0.15, 0.2) is 30.6 Å². The first kappa shape index (κ1) is 31.6. The van der Waals surface area contributed by atoms with Crippen LogP contribution in [-0.4, -0.2) is 16.6 Å². The number of nitrogens with zero attached hydrogens (tertiary/aromatic N) is 2. The van der Waals surface area contributed by atoms with Crippen LogP contribution in [0.4, 0.5) is 0 Å². The molecule has 1 aromatic carbocycles. The van der Waals surface area contributed by atoms with E-state index < -0.39 is 0 Å². The third kappa shape index (κ3) is 12.4. The summed E-state index contributed by atoms with van der Waals surface area (Å²) in [5.74, 6) is 3.50. The minimum absolute atomic E-state index is 0.753. The molecule has 1 aliphatic carbocycles. The molecule has 218 valence electrons. The van der Waals surface area contributed by atoms with E-state index in [9.17, 15) is 0 Å². The molecule has 0 atom stereocenters. The van der Waals surface area contributed by atoms with E-state index >= 15 is 0 Å². The third-order valence-electron chi connectivity index (χ3n) is 8.95. The summed E-state index contributed by atoms with van der Waals surface area (Å²) in [5.41, 5.74) is 3.86. The van der Waals surface area contributed by atoms with Crippen LogP contribution in [0, 0.1) is 18.8 Å². The molecule has 1 saturated carbocycles. The first-order valence-corrected chi connectivity index (χ1v) is 16.7. The van der Waals surface area contributed by atoms with Crippen LogP contribution in [0.3, 0.4) is 0 Å². The number of rotatable bonds is 20. The Labute approximate surface area is 241 Å². The van der Waals surface area contributed by atoms with Crippen molar-refractivity contribution < 1.29 is 4.74 Å². The fraction of sp³-hybridized carbons (Fsp3) is 0.722. The smallest absolute Gasteiger partial charge is 0.159 e. The van der Waals surface area contributed by atoms with Crippen molar-refractivity contribution in [1.82, 2.24) is 9.97 Å². The van der Waals surface area contributed by atoms with Gasteiger partial charge in [0.1, 0.15) is 0 Å². The molecule has 3 heteroatoms. The van der Waals surface area contributed by atoms with E-state index in [2.05, 4.69) is 48.9 Å². The van der Waals surface area contributed by atoms with Gasteiger partial charge in [0, 0.05) is 5.56 Å². The highest BCUT2D eigenvalue weighted by Crippen LogP contribution is 2.34. The van der Waals surface area contributed by atoms with Crippen LogP contribution in [0.5, 0.6) is 5.75 Å². The molecule has 3 rings (SSSR count). The third-order valence-corrected chi connectivity index (χ3v) is 8.95. The number of aryl methyl sites for hydroxylation is 2. The Morgan fingerprint density at radius 2 is 1.26 bits per heavy atom. The van der Waals surface area contributed by atoms with Gasteiger partial charge in [0.2, 0.25) is 0 Å². The summed E-state index contributed by atoms with van der Waals surface area (Å²) in [6.07, 6.45) is 31.2. The van der Waals surface area contributed by atoms with E-state index in [-0.39, 0.29) is 0 Å². The summed E-state index contributed by atoms with van der Waals surface area (Å²) in [6.45, 7) is 7.51. The first-order valence-electron chi connectivity index (χ1n) is 16.7. The van der Waals surface area contributed by atoms with Crippen molar-refractivity contribution in [1.29, 1.82) is 0 Å². The summed E-state index contributed by atoms with van der Waals surface area (Å²) < 4.78 is 5.86. The largest absolute Gasteiger partial charge is 0.490 e. The van der Waals surface area contributed by atoms with E-state index in [4.69, 9.17) is 4.74 Å². The van der Waals surface area contributed by atoms with Crippen molar-refractivity contribution >= 4 is 0 Å². The molecule has 0 radical (unpaired) electrons.